The number of allylic oxidation sites excluding steroid dienone is 2. The van der Waals surface area contributed by atoms with Gasteiger partial charge in [0.2, 0.25) is 0 Å². The first-order chi connectivity index (χ1) is 11.2. The smallest absolute Gasteiger partial charge is 0.182 e. The van der Waals surface area contributed by atoms with E-state index < -0.39 is 5.92 Å². The molecule has 0 spiro atoms. The normalized spacial score (nSPS) is 17.2. The van der Waals surface area contributed by atoms with Crippen LogP contribution in [0.5, 0.6) is 5.75 Å². The predicted molar refractivity (Wildman–Crippen MR) is 94.6 cm³/mol. The number of Topliss-reactive ketones (excluding diaryl/α,β-unsaturated/α-hetero) is 1. The monoisotopic (exact) mass is 326 g/mol. The number of aromatic hydroxyl groups is 1. The van der Waals surface area contributed by atoms with Gasteiger partial charge in [-0.25, -0.2) is 0 Å². The van der Waals surface area contributed by atoms with Crippen molar-refractivity contribution in [3.8, 4) is 5.75 Å². The Hall–Kier alpha value is -2.69. The number of aromatic nitrogens is 1. The molecule has 1 unspecified atom stereocenters. The average molecular weight is 326 g/mol. The highest BCUT2D eigenvalue weighted by atomic mass is 16.3. The Morgan fingerprint density at radius 1 is 1.12 bits per heavy atom. The molecule has 0 fully saturated rings. The fraction of sp³-hybridized carbons (Fsp3) is 0.316. The zero-order chi connectivity index (χ0) is 17.8. The van der Waals surface area contributed by atoms with Crippen LogP contribution in [0.2, 0.25) is 0 Å². The van der Waals surface area contributed by atoms with E-state index in [1.165, 1.54) is 0 Å². The fourth-order valence-electron chi connectivity index (χ4n) is 3.18. The van der Waals surface area contributed by atoms with E-state index in [0.29, 0.717) is 11.1 Å². The van der Waals surface area contributed by atoms with Crippen molar-refractivity contribution in [3.05, 3.63) is 52.5 Å². The molecule has 1 atom stereocenters. The summed E-state index contributed by atoms with van der Waals surface area (Å²) in [6.45, 7) is 3.88. The van der Waals surface area contributed by atoms with E-state index in [1.807, 2.05) is 56.6 Å². The summed E-state index contributed by atoms with van der Waals surface area (Å²) in [6, 6.07) is 7.03. The summed E-state index contributed by atoms with van der Waals surface area (Å²) >= 11 is 0. The lowest BCUT2D eigenvalue weighted by Gasteiger charge is -2.29. The van der Waals surface area contributed by atoms with Gasteiger partial charge in [0.1, 0.15) is 17.4 Å². The molecule has 1 aliphatic carbocycles. The summed E-state index contributed by atoms with van der Waals surface area (Å²) in [4.78, 5) is 14.5. The molecule has 0 bridgehead atoms. The molecule has 1 aliphatic rings. The Labute approximate surface area is 141 Å². The highest BCUT2D eigenvalue weighted by Gasteiger charge is 2.43. The Balaban J connectivity index is 2.03. The first-order valence-corrected chi connectivity index (χ1v) is 7.85. The van der Waals surface area contributed by atoms with E-state index in [-0.39, 0.29) is 17.3 Å². The van der Waals surface area contributed by atoms with Crippen molar-refractivity contribution in [3.63, 3.8) is 0 Å². The van der Waals surface area contributed by atoms with Crippen LogP contribution in [0.4, 0.5) is 5.69 Å². The molecule has 0 aliphatic heterocycles. The second-order valence-electron chi connectivity index (χ2n) is 6.54. The van der Waals surface area contributed by atoms with E-state index in [2.05, 4.69) is 0 Å². The van der Waals surface area contributed by atoms with Crippen molar-refractivity contribution < 1.29 is 15.0 Å². The van der Waals surface area contributed by atoms with Gasteiger partial charge in [0, 0.05) is 55.4 Å². The van der Waals surface area contributed by atoms with Crippen molar-refractivity contribution >= 4 is 17.0 Å². The van der Waals surface area contributed by atoms with Gasteiger partial charge in [-0.2, -0.15) is 0 Å². The minimum Gasteiger partial charge on any atom is -0.510 e. The van der Waals surface area contributed by atoms with E-state index in [9.17, 15) is 15.0 Å². The molecule has 0 amide bonds. The molecular formula is C19H22N2O3. The lowest BCUT2D eigenvalue weighted by atomic mass is 9.74. The standard InChI is InChI=1S/C19H22N2O3/c1-10-8-14(11(2)21(10)5)17-18(23)16(19(17)24)13-7-6-12(20(3)4)9-15(13)22/h6-9,16,22-23H,1-5H3. The van der Waals surface area contributed by atoms with Gasteiger partial charge in [-0.1, -0.05) is 6.07 Å². The maximum Gasteiger partial charge on any atom is 0.182 e. The fourth-order valence-corrected chi connectivity index (χ4v) is 3.18. The Morgan fingerprint density at radius 2 is 1.79 bits per heavy atom. The van der Waals surface area contributed by atoms with Crippen LogP contribution in [0.15, 0.2) is 30.0 Å². The lowest BCUT2D eigenvalue weighted by Crippen LogP contribution is -2.28. The third kappa shape index (κ3) is 2.19. The molecule has 1 aromatic heterocycles. The Kier molecular flexibility index (Phi) is 3.67. The van der Waals surface area contributed by atoms with Crippen LogP contribution in [-0.2, 0) is 11.8 Å². The lowest BCUT2D eigenvalue weighted by molar-refractivity contribution is -0.116. The van der Waals surface area contributed by atoms with Gasteiger partial charge in [0.25, 0.3) is 0 Å². The number of carbonyl (C=O) groups is 1. The molecule has 5 heteroatoms. The summed E-state index contributed by atoms with van der Waals surface area (Å²) < 4.78 is 1.99. The van der Waals surface area contributed by atoms with Crippen LogP contribution in [0, 0.1) is 13.8 Å². The second-order valence-corrected chi connectivity index (χ2v) is 6.54. The minimum atomic E-state index is -0.781. The molecule has 0 saturated heterocycles. The number of aliphatic hydroxyl groups is 1. The van der Waals surface area contributed by atoms with Gasteiger partial charge in [0.15, 0.2) is 5.78 Å². The van der Waals surface area contributed by atoms with Crippen molar-refractivity contribution in [2.24, 2.45) is 7.05 Å². The summed E-state index contributed by atoms with van der Waals surface area (Å²) in [7, 11) is 5.68. The molecule has 24 heavy (non-hydrogen) atoms. The molecule has 0 saturated carbocycles. The van der Waals surface area contributed by atoms with Gasteiger partial charge in [0.05, 0.1) is 5.57 Å². The van der Waals surface area contributed by atoms with Gasteiger partial charge in [-0.15, -0.1) is 0 Å². The summed E-state index contributed by atoms with van der Waals surface area (Å²) in [5.41, 5.74) is 4.36. The second kappa shape index (κ2) is 5.44. The molecule has 5 nitrogen and oxygen atoms in total. The van der Waals surface area contributed by atoms with E-state index in [1.54, 1.807) is 12.1 Å². The third-order valence-corrected chi connectivity index (χ3v) is 4.92. The van der Waals surface area contributed by atoms with Crippen LogP contribution < -0.4 is 4.90 Å². The summed E-state index contributed by atoms with van der Waals surface area (Å²) in [5, 5.41) is 20.8. The number of phenolic OH excluding ortho intramolecular Hbond substituents is 1. The number of hydrogen-bond donors (Lipinski definition) is 2. The molecule has 1 heterocycles. The van der Waals surface area contributed by atoms with Crippen LogP contribution >= 0.6 is 0 Å². The molecule has 0 radical (unpaired) electrons. The number of nitrogens with zero attached hydrogens (tertiary/aromatic N) is 2. The van der Waals surface area contributed by atoms with Gasteiger partial charge in [-0.05, 0) is 26.0 Å². The minimum absolute atomic E-state index is 0.0196. The Morgan fingerprint density at radius 3 is 2.25 bits per heavy atom. The number of rotatable bonds is 3. The molecule has 1 aromatic carbocycles. The number of aryl methyl sites for hydroxylation is 1. The highest BCUT2D eigenvalue weighted by molar-refractivity contribution is 6.32. The van der Waals surface area contributed by atoms with E-state index in [4.69, 9.17) is 0 Å². The maximum absolute atomic E-state index is 12.7. The largest absolute Gasteiger partial charge is 0.510 e. The van der Waals surface area contributed by atoms with Gasteiger partial charge in [-0.3, -0.25) is 4.79 Å². The zero-order valence-electron chi connectivity index (χ0n) is 14.6. The summed E-state index contributed by atoms with van der Waals surface area (Å²) in [6.07, 6.45) is 0. The number of aliphatic hydroxyl groups excluding tert-OH is 1. The summed E-state index contributed by atoms with van der Waals surface area (Å²) in [5.74, 6) is -0.891. The first-order valence-electron chi connectivity index (χ1n) is 7.85. The molecule has 3 rings (SSSR count). The topological polar surface area (TPSA) is 65.7 Å². The Bertz CT molecular complexity index is 875. The SMILES string of the molecule is Cc1cc(C2=C(O)C(c3ccc(N(C)C)cc3O)C2=O)c(C)n1C. The molecule has 126 valence electrons. The zero-order valence-corrected chi connectivity index (χ0v) is 14.6. The highest BCUT2D eigenvalue weighted by Crippen LogP contribution is 2.46. The number of phenols is 1. The van der Waals surface area contributed by atoms with Crippen molar-refractivity contribution in [2.45, 2.75) is 19.8 Å². The molecule has 2 aromatic rings. The van der Waals surface area contributed by atoms with Crippen molar-refractivity contribution in [1.82, 2.24) is 4.57 Å². The van der Waals surface area contributed by atoms with E-state index in [0.717, 1.165) is 22.6 Å². The van der Waals surface area contributed by atoms with Crippen LogP contribution in [-0.4, -0.2) is 34.7 Å². The molecule has 2 N–H and O–H groups in total. The number of ketones is 1. The van der Waals surface area contributed by atoms with Crippen molar-refractivity contribution in [1.29, 1.82) is 0 Å². The van der Waals surface area contributed by atoms with Crippen LogP contribution in [0.25, 0.3) is 5.57 Å². The predicted octanol–water partition coefficient (Wildman–Crippen LogP) is 3.05. The van der Waals surface area contributed by atoms with E-state index >= 15 is 0 Å². The van der Waals surface area contributed by atoms with Gasteiger partial charge < -0.3 is 19.7 Å². The maximum atomic E-state index is 12.7. The third-order valence-electron chi connectivity index (χ3n) is 4.92. The number of hydrogen-bond acceptors (Lipinski definition) is 4. The molecular weight excluding hydrogens is 304 g/mol. The van der Waals surface area contributed by atoms with Crippen LogP contribution in [0.1, 0.15) is 28.4 Å². The van der Waals surface area contributed by atoms with Gasteiger partial charge >= 0.3 is 0 Å². The average Bonchev–Trinajstić information content (AvgIpc) is 2.77. The number of anilines is 1. The quantitative estimate of drug-likeness (QED) is 0.910. The number of benzene rings is 1. The van der Waals surface area contributed by atoms with Crippen LogP contribution in [0.3, 0.4) is 0 Å². The first kappa shape index (κ1) is 16.2. The van der Waals surface area contributed by atoms with Crippen molar-refractivity contribution in [2.75, 3.05) is 19.0 Å². The number of carbonyl (C=O) groups excluding carboxylic acids is 1.